The fraction of sp³-hybridized carbons (Fsp3) is 0.133. The van der Waals surface area contributed by atoms with Gasteiger partial charge in [-0.2, -0.15) is 0 Å². The molecule has 192 valence electrons. The van der Waals surface area contributed by atoms with Crippen molar-refractivity contribution >= 4 is 45.4 Å². The Morgan fingerprint density at radius 1 is 0.474 bits per heavy atom. The maximum atomic E-state index is 12.2. The molecule has 0 spiro atoms. The molecule has 0 unspecified atom stereocenters. The van der Waals surface area contributed by atoms with Crippen molar-refractivity contribution < 1.29 is 38.1 Å². The lowest BCUT2D eigenvalue weighted by Gasteiger charge is -2.07. The molecule has 0 heterocycles. The van der Waals surface area contributed by atoms with Crippen LogP contribution in [0.1, 0.15) is 20.7 Å². The summed E-state index contributed by atoms with van der Waals surface area (Å²) in [5, 5.41) is 3.83. The molecule has 0 aliphatic rings. The van der Waals surface area contributed by atoms with Crippen LogP contribution in [-0.4, -0.2) is 50.3 Å². The summed E-state index contributed by atoms with van der Waals surface area (Å²) in [4.78, 5) is 47.9. The Bertz CT molecular complexity index is 1390. The summed E-state index contributed by atoms with van der Waals surface area (Å²) in [6.07, 6.45) is 1.79. The Labute approximate surface area is 218 Å². The minimum atomic E-state index is -0.800. The van der Waals surface area contributed by atoms with Crippen molar-refractivity contribution in [3.8, 4) is 0 Å². The second-order valence-corrected chi connectivity index (χ2v) is 8.06. The van der Waals surface area contributed by atoms with Gasteiger partial charge in [-0.3, -0.25) is 0 Å². The van der Waals surface area contributed by atoms with Gasteiger partial charge in [0.2, 0.25) is 0 Å². The summed E-state index contributed by atoms with van der Waals surface area (Å²) in [7, 11) is 0. The van der Waals surface area contributed by atoms with E-state index in [9.17, 15) is 19.2 Å². The zero-order valence-electron chi connectivity index (χ0n) is 20.3. The van der Waals surface area contributed by atoms with Crippen molar-refractivity contribution in [2.75, 3.05) is 26.4 Å². The lowest BCUT2D eigenvalue weighted by molar-refractivity contribution is -0.141. The number of carbonyl (C=O) groups is 4. The van der Waals surface area contributed by atoms with Crippen LogP contribution < -0.4 is 0 Å². The standard InChI is InChI=1S/C30H24O8/c31-27(35-15-17-37-29(33)25-11-9-21-5-1-3-7-23(21)19-25)13-14-28(32)36-16-18-38-30(34)26-12-10-22-6-2-4-8-24(22)20-26/h1-14,19-20H,15-18H2/b14-13-. The summed E-state index contributed by atoms with van der Waals surface area (Å²) in [6.45, 7) is -0.638. The Balaban J connectivity index is 1.10. The van der Waals surface area contributed by atoms with Gasteiger partial charge in [0.1, 0.15) is 26.4 Å². The van der Waals surface area contributed by atoms with E-state index in [0.29, 0.717) is 11.1 Å². The molecular formula is C30H24O8. The van der Waals surface area contributed by atoms with E-state index in [-0.39, 0.29) is 26.4 Å². The minimum absolute atomic E-state index is 0.141. The largest absolute Gasteiger partial charge is 0.459 e. The van der Waals surface area contributed by atoms with Crippen molar-refractivity contribution in [3.05, 3.63) is 108 Å². The molecule has 4 aromatic rings. The van der Waals surface area contributed by atoms with Crippen LogP contribution in [0.4, 0.5) is 0 Å². The maximum absolute atomic E-state index is 12.2. The van der Waals surface area contributed by atoms with Crippen LogP contribution in [0.25, 0.3) is 21.5 Å². The zero-order chi connectivity index (χ0) is 26.7. The van der Waals surface area contributed by atoms with E-state index in [1.54, 1.807) is 24.3 Å². The first-order valence-corrected chi connectivity index (χ1v) is 11.8. The van der Waals surface area contributed by atoms with Crippen molar-refractivity contribution in [2.24, 2.45) is 0 Å². The molecule has 0 N–H and O–H groups in total. The first-order valence-electron chi connectivity index (χ1n) is 11.8. The molecule has 0 aliphatic carbocycles. The number of rotatable bonds is 10. The first kappa shape index (κ1) is 26.1. The Hall–Kier alpha value is -4.98. The Kier molecular flexibility index (Phi) is 8.80. The molecule has 0 aliphatic heterocycles. The molecule has 0 bridgehead atoms. The fourth-order valence-corrected chi connectivity index (χ4v) is 3.58. The van der Waals surface area contributed by atoms with Gasteiger partial charge < -0.3 is 18.9 Å². The van der Waals surface area contributed by atoms with E-state index < -0.39 is 23.9 Å². The fourth-order valence-electron chi connectivity index (χ4n) is 3.58. The minimum Gasteiger partial charge on any atom is -0.459 e. The number of carbonyl (C=O) groups excluding carboxylic acids is 4. The van der Waals surface area contributed by atoms with Crippen LogP contribution in [0, 0.1) is 0 Å². The van der Waals surface area contributed by atoms with Gasteiger partial charge in [0.25, 0.3) is 0 Å². The molecule has 0 radical (unpaired) electrons. The Morgan fingerprint density at radius 3 is 1.26 bits per heavy atom. The normalized spacial score (nSPS) is 10.8. The van der Waals surface area contributed by atoms with Crippen LogP contribution in [0.15, 0.2) is 97.1 Å². The average Bonchev–Trinajstić information content (AvgIpc) is 2.95. The first-order chi connectivity index (χ1) is 18.5. The molecule has 0 atom stereocenters. The van der Waals surface area contributed by atoms with Crippen molar-refractivity contribution in [1.82, 2.24) is 0 Å². The smallest absolute Gasteiger partial charge is 0.338 e. The number of benzene rings is 4. The molecular weight excluding hydrogens is 488 g/mol. The number of esters is 4. The molecule has 0 fully saturated rings. The third-order valence-electron chi connectivity index (χ3n) is 5.45. The molecule has 0 amide bonds. The van der Waals surface area contributed by atoms with Gasteiger partial charge in [0, 0.05) is 12.2 Å². The topological polar surface area (TPSA) is 105 Å². The third kappa shape index (κ3) is 7.27. The van der Waals surface area contributed by atoms with E-state index in [4.69, 9.17) is 18.9 Å². The summed E-state index contributed by atoms with van der Waals surface area (Å²) < 4.78 is 20.0. The van der Waals surface area contributed by atoms with E-state index in [1.807, 2.05) is 60.7 Å². The lowest BCUT2D eigenvalue weighted by Crippen LogP contribution is -2.14. The van der Waals surface area contributed by atoms with Gasteiger partial charge in [-0.1, -0.05) is 60.7 Å². The second-order valence-electron chi connectivity index (χ2n) is 8.06. The predicted molar refractivity (Wildman–Crippen MR) is 140 cm³/mol. The summed E-state index contributed by atoms with van der Waals surface area (Å²) >= 11 is 0. The van der Waals surface area contributed by atoms with E-state index >= 15 is 0 Å². The summed E-state index contributed by atoms with van der Waals surface area (Å²) in [5.41, 5.74) is 0.779. The molecule has 0 saturated heterocycles. The van der Waals surface area contributed by atoms with E-state index in [2.05, 4.69) is 0 Å². The van der Waals surface area contributed by atoms with Crippen molar-refractivity contribution in [3.63, 3.8) is 0 Å². The Morgan fingerprint density at radius 2 is 0.842 bits per heavy atom. The highest BCUT2D eigenvalue weighted by atomic mass is 16.6. The molecule has 0 saturated carbocycles. The van der Waals surface area contributed by atoms with Gasteiger partial charge in [-0.25, -0.2) is 19.2 Å². The average molecular weight is 513 g/mol. The predicted octanol–water partition coefficient (Wildman–Crippen LogP) is 4.65. The number of hydrogen-bond acceptors (Lipinski definition) is 8. The molecule has 8 heteroatoms. The maximum Gasteiger partial charge on any atom is 0.338 e. The van der Waals surface area contributed by atoms with Crippen LogP contribution in [0.2, 0.25) is 0 Å². The second kappa shape index (κ2) is 12.8. The highest BCUT2D eigenvalue weighted by molar-refractivity contribution is 5.96. The molecule has 38 heavy (non-hydrogen) atoms. The number of ether oxygens (including phenoxy) is 4. The van der Waals surface area contributed by atoms with Crippen LogP contribution in [0.5, 0.6) is 0 Å². The number of hydrogen-bond donors (Lipinski definition) is 0. The summed E-state index contributed by atoms with van der Waals surface area (Å²) in [5.74, 6) is -2.67. The van der Waals surface area contributed by atoms with Crippen LogP contribution in [0.3, 0.4) is 0 Å². The van der Waals surface area contributed by atoms with Gasteiger partial charge >= 0.3 is 23.9 Å². The van der Waals surface area contributed by atoms with Gasteiger partial charge in [-0.05, 0) is 45.8 Å². The molecule has 4 aromatic carbocycles. The van der Waals surface area contributed by atoms with Gasteiger partial charge in [0.15, 0.2) is 0 Å². The summed E-state index contributed by atoms with van der Waals surface area (Å²) in [6, 6.07) is 25.7. The quantitative estimate of drug-likeness (QED) is 0.131. The SMILES string of the molecule is O=C(/C=C\C(=O)OCCOC(=O)c1ccc2ccccc2c1)OCCOC(=O)c1ccc2ccccc2c1. The highest BCUT2D eigenvalue weighted by Crippen LogP contribution is 2.17. The van der Waals surface area contributed by atoms with E-state index in [0.717, 1.165) is 33.7 Å². The van der Waals surface area contributed by atoms with Crippen LogP contribution in [-0.2, 0) is 28.5 Å². The molecule has 4 rings (SSSR count). The highest BCUT2D eigenvalue weighted by Gasteiger charge is 2.10. The van der Waals surface area contributed by atoms with Crippen molar-refractivity contribution in [2.45, 2.75) is 0 Å². The monoisotopic (exact) mass is 512 g/mol. The van der Waals surface area contributed by atoms with Gasteiger partial charge in [-0.15, -0.1) is 0 Å². The molecule has 8 nitrogen and oxygen atoms in total. The third-order valence-corrected chi connectivity index (χ3v) is 5.45. The molecule has 0 aromatic heterocycles. The zero-order valence-corrected chi connectivity index (χ0v) is 20.3. The van der Waals surface area contributed by atoms with Crippen molar-refractivity contribution in [1.29, 1.82) is 0 Å². The lowest BCUT2D eigenvalue weighted by atomic mass is 10.1. The number of fused-ring (bicyclic) bond motifs is 2. The van der Waals surface area contributed by atoms with E-state index in [1.165, 1.54) is 0 Å². The van der Waals surface area contributed by atoms with Crippen LogP contribution >= 0.6 is 0 Å². The van der Waals surface area contributed by atoms with Gasteiger partial charge in [0.05, 0.1) is 11.1 Å².